The Kier molecular flexibility index (Phi) is 3.38. The highest BCUT2D eigenvalue weighted by Crippen LogP contribution is 2.22. The minimum absolute atomic E-state index is 0.496. The zero-order valence-corrected chi connectivity index (χ0v) is 13.2. The Hall–Kier alpha value is -3.35. The maximum atomic E-state index is 5.36. The standard InChI is InChI=1S/C17H15N5O2/c1-11-10-15(19-12-5-7-13(23-2)8-6-12)22-17(18-11)20-16(21-22)14-4-3-9-24-14/h3-10,19H,1-2H3. The van der Waals surface area contributed by atoms with Crippen molar-refractivity contribution < 1.29 is 9.15 Å². The first-order chi connectivity index (χ1) is 11.7. The van der Waals surface area contributed by atoms with Gasteiger partial charge in [0.15, 0.2) is 5.76 Å². The van der Waals surface area contributed by atoms with E-state index in [4.69, 9.17) is 9.15 Å². The first kappa shape index (κ1) is 14.3. The van der Waals surface area contributed by atoms with E-state index < -0.39 is 0 Å². The number of hydrogen-bond donors (Lipinski definition) is 1. The molecule has 24 heavy (non-hydrogen) atoms. The molecule has 0 fully saturated rings. The smallest absolute Gasteiger partial charge is 0.255 e. The maximum absolute atomic E-state index is 5.36. The van der Waals surface area contributed by atoms with E-state index in [2.05, 4.69) is 20.4 Å². The van der Waals surface area contributed by atoms with Crippen LogP contribution >= 0.6 is 0 Å². The van der Waals surface area contributed by atoms with E-state index in [9.17, 15) is 0 Å². The molecular weight excluding hydrogens is 306 g/mol. The van der Waals surface area contributed by atoms with Crippen molar-refractivity contribution in [3.8, 4) is 17.3 Å². The topological polar surface area (TPSA) is 77.5 Å². The van der Waals surface area contributed by atoms with Gasteiger partial charge in [-0.25, -0.2) is 4.98 Å². The van der Waals surface area contributed by atoms with Crippen molar-refractivity contribution >= 4 is 17.3 Å². The molecule has 0 radical (unpaired) electrons. The summed E-state index contributed by atoms with van der Waals surface area (Å²) in [6.07, 6.45) is 1.59. The van der Waals surface area contributed by atoms with Crippen molar-refractivity contribution in [3.05, 3.63) is 54.4 Å². The average molecular weight is 321 g/mol. The number of fused-ring (bicyclic) bond motifs is 1. The molecule has 4 rings (SSSR count). The van der Waals surface area contributed by atoms with E-state index in [1.54, 1.807) is 24.0 Å². The fourth-order valence-corrected chi connectivity index (χ4v) is 2.41. The lowest BCUT2D eigenvalue weighted by atomic mass is 10.3. The van der Waals surface area contributed by atoms with Crippen LogP contribution in [0.2, 0.25) is 0 Å². The molecule has 0 saturated heterocycles. The normalized spacial score (nSPS) is 10.9. The predicted octanol–water partition coefficient (Wildman–Crippen LogP) is 3.44. The molecule has 4 aromatic rings. The van der Waals surface area contributed by atoms with Crippen LogP contribution in [0.5, 0.6) is 5.75 Å². The lowest BCUT2D eigenvalue weighted by Gasteiger charge is -2.09. The predicted molar refractivity (Wildman–Crippen MR) is 89.5 cm³/mol. The van der Waals surface area contributed by atoms with E-state index in [0.717, 1.165) is 22.9 Å². The van der Waals surface area contributed by atoms with Gasteiger partial charge in [0.2, 0.25) is 5.82 Å². The monoisotopic (exact) mass is 321 g/mol. The van der Waals surface area contributed by atoms with Crippen LogP contribution in [0.4, 0.5) is 11.5 Å². The summed E-state index contributed by atoms with van der Waals surface area (Å²) in [6, 6.07) is 13.2. The summed E-state index contributed by atoms with van der Waals surface area (Å²) >= 11 is 0. The number of nitrogens with zero attached hydrogens (tertiary/aromatic N) is 4. The molecule has 0 aliphatic carbocycles. The lowest BCUT2D eigenvalue weighted by Crippen LogP contribution is -2.02. The molecule has 0 atom stereocenters. The third-order valence-electron chi connectivity index (χ3n) is 3.54. The van der Waals surface area contributed by atoms with Crippen LogP contribution in [0.1, 0.15) is 5.69 Å². The third kappa shape index (κ3) is 2.56. The van der Waals surface area contributed by atoms with E-state index in [0.29, 0.717) is 17.4 Å². The van der Waals surface area contributed by atoms with Crippen molar-refractivity contribution in [2.45, 2.75) is 6.92 Å². The molecule has 0 aliphatic rings. The summed E-state index contributed by atoms with van der Waals surface area (Å²) in [7, 11) is 1.64. The Labute approximate surface area is 137 Å². The van der Waals surface area contributed by atoms with Crippen molar-refractivity contribution in [1.29, 1.82) is 0 Å². The van der Waals surface area contributed by atoms with Gasteiger partial charge in [0.05, 0.1) is 13.4 Å². The Morgan fingerprint density at radius 3 is 2.67 bits per heavy atom. The number of benzene rings is 1. The molecule has 0 unspecified atom stereocenters. The highest BCUT2D eigenvalue weighted by molar-refractivity contribution is 5.61. The van der Waals surface area contributed by atoms with Gasteiger partial charge >= 0.3 is 0 Å². The number of ether oxygens (including phenoxy) is 1. The summed E-state index contributed by atoms with van der Waals surface area (Å²) < 4.78 is 12.2. The summed E-state index contributed by atoms with van der Waals surface area (Å²) in [5.41, 5.74) is 1.76. The summed E-state index contributed by atoms with van der Waals surface area (Å²) in [4.78, 5) is 8.86. The van der Waals surface area contributed by atoms with Gasteiger partial charge in [0.25, 0.3) is 5.78 Å². The van der Waals surface area contributed by atoms with Crippen LogP contribution in [0.3, 0.4) is 0 Å². The molecular formula is C17H15N5O2. The molecule has 7 nitrogen and oxygen atoms in total. The van der Waals surface area contributed by atoms with Gasteiger partial charge in [-0.1, -0.05) is 0 Å². The summed E-state index contributed by atoms with van der Waals surface area (Å²) in [5, 5.41) is 7.82. The van der Waals surface area contributed by atoms with E-state index in [-0.39, 0.29) is 0 Å². The molecule has 0 spiro atoms. The number of aromatic nitrogens is 4. The van der Waals surface area contributed by atoms with Gasteiger partial charge in [-0.3, -0.25) is 0 Å². The van der Waals surface area contributed by atoms with E-state index in [1.807, 2.05) is 43.3 Å². The van der Waals surface area contributed by atoms with E-state index in [1.165, 1.54) is 0 Å². The Morgan fingerprint density at radius 1 is 1.12 bits per heavy atom. The van der Waals surface area contributed by atoms with Crippen LogP contribution in [-0.4, -0.2) is 26.7 Å². The quantitative estimate of drug-likeness (QED) is 0.620. The van der Waals surface area contributed by atoms with Gasteiger partial charge in [-0.15, -0.1) is 5.10 Å². The Balaban J connectivity index is 1.76. The SMILES string of the molecule is COc1ccc(Nc2cc(C)nc3nc(-c4ccco4)nn23)cc1. The second kappa shape index (κ2) is 5.69. The van der Waals surface area contributed by atoms with Crippen LogP contribution in [0, 0.1) is 6.92 Å². The molecule has 0 aliphatic heterocycles. The number of aryl methyl sites for hydroxylation is 1. The number of rotatable bonds is 4. The second-order valence-electron chi connectivity index (χ2n) is 5.26. The van der Waals surface area contributed by atoms with E-state index >= 15 is 0 Å². The fourth-order valence-electron chi connectivity index (χ4n) is 2.41. The molecule has 1 aromatic carbocycles. The third-order valence-corrected chi connectivity index (χ3v) is 3.54. The molecule has 0 amide bonds. The van der Waals surface area contributed by atoms with Gasteiger partial charge < -0.3 is 14.5 Å². The second-order valence-corrected chi connectivity index (χ2v) is 5.26. The fraction of sp³-hybridized carbons (Fsp3) is 0.118. The maximum Gasteiger partial charge on any atom is 0.255 e. The van der Waals surface area contributed by atoms with Crippen LogP contribution in [-0.2, 0) is 0 Å². The van der Waals surface area contributed by atoms with Crippen LogP contribution in [0.25, 0.3) is 17.4 Å². The number of methoxy groups -OCH3 is 1. The molecule has 120 valence electrons. The number of furan rings is 1. The molecule has 3 aromatic heterocycles. The number of nitrogens with one attached hydrogen (secondary N) is 1. The summed E-state index contributed by atoms with van der Waals surface area (Å²) in [6.45, 7) is 1.92. The zero-order valence-electron chi connectivity index (χ0n) is 13.2. The largest absolute Gasteiger partial charge is 0.497 e. The van der Waals surface area contributed by atoms with Gasteiger partial charge in [0, 0.05) is 17.4 Å². The number of anilines is 2. The first-order valence-corrected chi connectivity index (χ1v) is 7.42. The lowest BCUT2D eigenvalue weighted by molar-refractivity contribution is 0.415. The highest BCUT2D eigenvalue weighted by Gasteiger charge is 2.13. The molecule has 0 bridgehead atoms. The minimum Gasteiger partial charge on any atom is -0.497 e. The molecule has 3 heterocycles. The number of hydrogen-bond acceptors (Lipinski definition) is 6. The minimum atomic E-state index is 0.496. The highest BCUT2D eigenvalue weighted by atomic mass is 16.5. The molecule has 0 saturated carbocycles. The van der Waals surface area contributed by atoms with Crippen molar-refractivity contribution in [2.75, 3.05) is 12.4 Å². The summed E-state index contributed by atoms with van der Waals surface area (Å²) in [5.74, 6) is 3.19. The Bertz CT molecular complexity index is 974. The van der Waals surface area contributed by atoms with Gasteiger partial charge in [0.1, 0.15) is 11.6 Å². The molecule has 1 N–H and O–H groups in total. The zero-order chi connectivity index (χ0) is 16.5. The van der Waals surface area contributed by atoms with Crippen molar-refractivity contribution in [1.82, 2.24) is 19.6 Å². The molecule has 7 heteroatoms. The Morgan fingerprint density at radius 2 is 1.96 bits per heavy atom. The van der Waals surface area contributed by atoms with Gasteiger partial charge in [-0.2, -0.15) is 9.50 Å². The average Bonchev–Trinajstić information content (AvgIpc) is 3.24. The van der Waals surface area contributed by atoms with Crippen LogP contribution < -0.4 is 10.1 Å². The van der Waals surface area contributed by atoms with Gasteiger partial charge in [-0.05, 0) is 43.3 Å². The van der Waals surface area contributed by atoms with Crippen LogP contribution in [0.15, 0.2) is 53.1 Å². The van der Waals surface area contributed by atoms with Crippen molar-refractivity contribution in [2.24, 2.45) is 0 Å². The first-order valence-electron chi connectivity index (χ1n) is 7.42. The van der Waals surface area contributed by atoms with Crippen molar-refractivity contribution in [3.63, 3.8) is 0 Å².